The Morgan fingerprint density at radius 3 is 2.08 bits per heavy atom. The summed E-state index contributed by atoms with van der Waals surface area (Å²) in [7, 11) is 0. The van der Waals surface area contributed by atoms with Gasteiger partial charge in [0.05, 0.1) is 5.56 Å². The van der Waals surface area contributed by atoms with Crippen molar-refractivity contribution in [2.24, 2.45) is 0 Å². The number of nitrogens with zero attached hydrogens (tertiary/aromatic N) is 1. The summed E-state index contributed by atoms with van der Waals surface area (Å²) in [4.78, 5) is 11.8. The average Bonchev–Trinajstić information content (AvgIpc) is 2.88. The van der Waals surface area contributed by atoms with Gasteiger partial charge in [0, 0.05) is 24.2 Å². The van der Waals surface area contributed by atoms with Crippen LogP contribution in [0.2, 0.25) is 0 Å². The van der Waals surface area contributed by atoms with E-state index in [0.717, 1.165) is 0 Å². The number of alkyl halides is 5. The van der Waals surface area contributed by atoms with Crippen LogP contribution >= 0.6 is 0 Å². The van der Waals surface area contributed by atoms with Gasteiger partial charge in [0.2, 0.25) is 5.78 Å². The maximum absolute atomic E-state index is 13.5. The Labute approximate surface area is 134 Å². The smallest absolute Gasteiger partial charge is 0.337 e. The quantitative estimate of drug-likeness (QED) is 0.522. The summed E-state index contributed by atoms with van der Waals surface area (Å²) < 4.78 is 107. The van der Waals surface area contributed by atoms with E-state index in [1.807, 2.05) is 0 Å². The first kappa shape index (κ1) is 17.4. The number of hydrogen-bond acceptors (Lipinski definition) is 1. The summed E-state index contributed by atoms with van der Waals surface area (Å²) >= 11 is 0. The summed E-state index contributed by atoms with van der Waals surface area (Å²) in [6, 6.07) is 1.21. The van der Waals surface area contributed by atoms with Gasteiger partial charge in [-0.15, -0.1) is 0 Å². The van der Waals surface area contributed by atoms with Crippen molar-refractivity contribution >= 4 is 5.78 Å². The fourth-order valence-corrected chi connectivity index (χ4v) is 2.72. The van der Waals surface area contributed by atoms with Crippen LogP contribution in [0, 0.1) is 17.5 Å². The lowest BCUT2D eigenvalue weighted by molar-refractivity contribution is -0.138. The SMILES string of the molecule is O=C1c2c(C(F)(F)F)cc(-c3cc(F)c(F)c(F)c3)n2CCC1(F)F. The second kappa shape index (κ2) is 5.30. The summed E-state index contributed by atoms with van der Waals surface area (Å²) in [5.74, 6) is -11.2. The van der Waals surface area contributed by atoms with Crippen LogP contribution in [-0.4, -0.2) is 16.3 Å². The number of ketones is 1. The molecule has 0 spiro atoms. The molecule has 0 unspecified atom stereocenters. The van der Waals surface area contributed by atoms with Crippen molar-refractivity contribution in [2.75, 3.05) is 0 Å². The first-order valence-electron chi connectivity index (χ1n) is 6.82. The van der Waals surface area contributed by atoms with Gasteiger partial charge in [-0.1, -0.05) is 0 Å². The largest absolute Gasteiger partial charge is 0.418 e. The number of rotatable bonds is 1. The van der Waals surface area contributed by atoms with Crippen LogP contribution in [0.15, 0.2) is 18.2 Å². The van der Waals surface area contributed by atoms with Gasteiger partial charge in [0.1, 0.15) is 5.69 Å². The molecule has 134 valence electrons. The minimum absolute atomic E-state index is 0.348. The van der Waals surface area contributed by atoms with Crippen LogP contribution < -0.4 is 0 Å². The van der Waals surface area contributed by atoms with Gasteiger partial charge in [-0.25, -0.2) is 13.2 Å². The van der Waals surface area contributed by atoms with Crippen molar-refractivity contribution in [1.82, 2.24) is 4.57 Å². The molecule has 1 aliphatic heterocycles. The van der Waals surface area contributed by atoms with Crippen molar-refractivity contribution in [3.05, 3.63) is 46.9 Å². The van der Waals surface area contributed by atoms with E-state index in [-0.39, 0.29) is 0 Å². The number of halogens is 8. The van der Waals surface area contributed by atoms with E-state index in [1.54, 1.807) is 0 Å². The monoisotopic (exact) mass is 369 g/mol. The van der Waals surface area contributed by atoms with E-state index in [4.69, 9.17) is 0 Å². The van der Waals surface area contributed by atoms with E-state index < -0.39 is 70.8 Å². The number of fused-ring (bicyclic) bond motifs is 1. The summed E-state index contributed by atoms with van der Waals surface area (Å²) in [5, 5.41) is 0. The van der Waals surface area contributed by atoms with Gasteiger partial charge in [0.15, 0.2) is 17.5 Å². The Bertz CT molecular complexity index is 857. The highest BCUT2D eigenvalue weighted by atomic mass is 19.4. The number of carbonyl (C=O) groups excluding carboxylic acids is 1. The average molecular weight is 369 g/mol. The normalized spacial score (nSPS) is 16.9. The highest BCUT2D eigenvalue weighted by Crippen LogP contribution is 2.42. The maximum Gasteiger partial charge on any atom is 0.418 e. The van der Waals surface area contributed by atoms with Crippen molar-refractivity contribution in [1.29, 1.82) is 0 Å². The second-order valence-electron chi connectivity index (χ2n) is 5.48. The first-order valence-corrected chi connectivity index (χ1v) is 6.82. The van der Waals surface area contributed by atoms with Crippen LogP contribution in [0.1, 0.15) is 22.5 Å². The van der Waals surface area contributed by atoms with Crippen LogP contribution in [-0.2, 0) is 12.7 Å². The van der Waals surface area contributed by atoms with Crippen molar-refractivity contribution in [3.8, 4) is 11.3 Å². The molecule has 1 aromatic carbocycles. The lowest BCUT2D eigenvalue weighted by atomic mass is 10.0. The van der Waals surface area contributed by atoms with Crippen LogP contribution in [0.4, 0.5) is 35.1 Å². The van der Waals surface area contributed by atoms with Gasteiger partial charge >= 0.3 is 12.1 Å². The van der Waals surface area contributed by atoms with Gasteiger partial charge in [-0.3, -0.25) is 4.79 Å². The number of carbonyl (C=O) groups is 1. The number of benzene rings is 1. The zero-order valence-electron chi connectivity index (χ0n) is 12.0. The fourth-order valence-electron chi connectivity index (χ4n) is 2.72. The Morgan fingerprint density at radius 2 is 1.56 bits per heavy atom. The number of hydrogen-bond donors (Lipinski definition) is 0. The fraction of sp³-hybridized carbons (Fsp3) is 0.267. The van der Waals surface area contributed by atoms with Gasteiger partial charge in [-0.05, 0) is 18.2 Å². The Hall–Kier alpha value is -2.39. The molecule has 0 N–H and O–H groups in total. The Kier molecular flexibility index (Phi) is 3.70. The minimum Gasteiger partial charge on any atom is -0.337 e. The predicted octanol–water partition coefficient (Wildman–Crippen LogP) is 4.81. The molecule has 2 aromatic rings. The molecule has 1 aliphatic rings. The Morgan fingerprint density at radius 1 is 1.00 bits per heavy atom. The standard InChI is InChI=1S/C15H7F8NO/c16-8-3-6(4-9(17)11(8)18)10-5-7(15(21,22)23)12-13(25)14(19,20)1-2-24(10)12/h3-5H,1-2H2. The number of aromatic nitrogens is 1. The third kappa shape index (κ3) is 2.69. The van der Waals surface area contributed by atoms with E-state index >= 15 is 0 Å². The third-order valence-corrected chi connectivity index (χ3v) is 3.88. The highest BCUT2D eigenvalue weighted by Gasteiger charge is 2.50. The molecule has 0 bridgehead atoms. The summed E-state index contributed by atoms with van der Waals surface area (Å²) in [6.07, 6.45) is -6.21. The van der Waals surface area contributed by atoms with E-state index in [2.05, 4.69) is 0 Å². The van der Waals surface area contributed by atoms with Gasteiger partial charge < -0.3 is 4.57 Å². The minimum atomic E-state index is -5.14. The van der Waals surface area contributed by atoms with Gasteiger partial charge in [0.25, 0.3) is 0 Å². The topological polar surface area (TPSA) is 22.0 Å². The van der Waals surface area contributed by atoms with E-state index in [9.17, 15) is 39.9 Å². The maximum atomic E-state index is 13.5. The molecule has 0 saturated carbocycles. The molecule has 3 rings (SSSR count). The predicted molar refractivity (Wildman–Crippen MR) is 68.6 cm³/mol. The molecular formula is C15H7F8NO. The van der Waals surface area contributed by atoms with Crippen LogP contribution in [0.5, 0.6) is 0 Å². The zero-order chi connectivity index (χ0) is 18.7. The molecule has 0 aliphatic carbocycles. The molecule has 0 atom stereocenters. The second-order valence-corrected chi connectivity index (χ2v) is 5.48. The van der Waals surface area contributed by atoms with Crippen LogP contribution in [0.3, 0.4) is 0 Å². The van der Waals surface area contributed by atoms with E-state index in [0.29, 0.717) is 22.8 Å². The molecular weight excluding hydrogens is 362 g/mol. The summed E-state index contributed by atoms with van der Waals surface area (Å²) in [6.45, 7) is -0.680. The number of Topliss-reactive ketones (excluding diaryl/α,β-unsaturated/α-hetero) is 1. The molecule has 0 radical (unpaired) electrons. The molecule has 10 heteroatoms. The molecule has 2 heterocycles. The first-order chi connectivity index (χ1) is 11.4. The lowest BCUT2D eigenvalue weighted by Gasteiger charge is -2.25. The summed E-state index contributed by atoms with van der Waals surface area (Å²) in [5.41, 5.74) is -3.95. The lowest BCUT2D eigenvalue weighted by Crippen LogP contribution is -2.38. The van der Waals surface area contributed by atoms with Crippen molar-refractivity contribution < 1.29 is 39.9 Å². The van der Waals surface area contributed by atoms with Crippen LogP contribution in [0.25, 0.3) is 11.3 Å². The molecule has 0 amide bonds. The molecule has 0 fully saturated rings. The zero-order valence-corrected chi connectivity index (χ0v) is 12.0. The highest BCUT2D eigenvalue weighted by molar-refractivity contribution is 6.03. The Balaban J connectivity index is 2.30. The van der Waals surface area contributed by atoms with Gasteiger partial charge in [-0.2, -0.15) is 22.0 Å². The molecule has 0 saturated heterocycles. The van der Waals surface area contributed by atoms with E-state index in [1.165, 1.54) is 0 Å². The molecule has 1 aromatic heterocycles. The van der Waals surface area contributed by atoms with Crippen molar-refractivity contribution in [3.63, 3.8) is 0 Å². The molecule has 2 nitrogen and oxygen atoms in total. The van der Waals surface area contributed by atoms with Crippen molar-refractivity contribution in [2.45, 2.75) is 25.1 Å². The third-order valence-electron chi connectivity index (χ3n) is 3.88. The molecule has 25 heavy (non-hydrogen) atoms.